The van der Waals surface area contributed by atoms with Gasteiger partial charge in [0.1, 0.15) is 12.7 Å². The van der Waals surface area contributed by atoms with E-state index in [1.54, 1.807) is 6.08 Å². The second kappa shape index (κ2) is 9.67. The molecule has 4 unspecified atom stereocenters. The quantitative estimate of drug-likeness (QED) is 0.239. The van der Waals surface area contributed by atoms with Crippen LogP contribution in [-0.4, -0.2) is 61.4 Å². The number of rotatable bonds is 7. The number of allylic oxidation sites excluding steroid dienone is 3. The summed E-state index contributed by atoms with van der Waals surface area (Å²) in [5.41, 5.74) is -2.04. The van der Waals surface area contributed by atoms with Crippen molar-refractivity contribution in [2.75, 3.05) is 13.7 Å². The topological polar surface area (TPSA) is 139 Å². The summed E-state index contributed by atoms with van der Waals surface area (Å²) in [6.07, 6.45) is 2.41. The molecule has 0 aromatic heterocycles. The van der Waals surface area contributed by atoms with Gasteiger partial charge in [0, 0.05) is 32.6 Å². The summed E-state index contributed by atoms with van der Waals surface area (Å²) in [6.45, 7) is 2.81. The third kappa shape index (κ3) is 4.73. The van der Waals surface area contributed by atoms with Crippen molar-refractivity contribution in [2.24, 2.45) is 17.3 Å². The smallest absolute Gasteiger partial charge is 0.321 e. The van der Waals surface area contributed by atoms with Crippen LogP contribution in [0.2, 0.25) is 0 Å². The van der Waals surface area contributed by atoms with Gasteiger partial charge in [-0.1, -0.05) is 12.2 Å². The Balaban J connectivity index is 2.67. The van der Waals surface area contributed by atoms with Gasteiger partial charge in [-0.05, 0) is 18.6 Å². The Hall–Kier alpha value is -3.30. The molecule has 10 heteroatoms. The van der Waals surface area contributed by atoms with E-state index in [4.69, 9.17) is 18.9 Å². The third-order valence-corrected chi connectivity index (χ3v) is 5.25. The Kier molecular flexibility index (Phi) is 7.48. The van der Waals surface area contributed by atoms with E-state index in [-0.39, 0.29) is 6.42 Å². The lowest BCUT2D eigenvalue weighted by Gasteiger charge is -2.46. The van der Waals surface area contributed by atoms with E-state index in [0.717, 1.165) is 40.0 Å². The lowest BCUT2D eigenvalue weighted by atomic mass is 9.55. The third-order valence-electron chi connectivity index (χ3n) is 5.25. The van der Waals surface area contributed by atoms with Gasteiger partial charge in [0.25, 0.3) is 0 Å². The molecule has 0 aromatic rings. The number of methoxy groups -OCH3 is 1. The zero-order chi connectivity index (χ0) is 23.3. The monoisotopic (exact) mass is 436 g/mol. The highest BCUT2D eigenvalue weighted by Crippen LogP contribution is 2.50. The minimum absolute atomic E-state index is 0.0789. The lowest BCUT2D eigenvalue weighted by molar-refractivity contribution is -0.190. The average Bonchev–Trinajstić information content (AvgIpc) is 2.70. The molecule has 0 aliphatic heterocycles. The van der Waals surface area contributed by atoms with Crippen LogP contribution in [0.4, 0.5) is 0 Å². The molecular formula is C21H24O10. The first kappa shape index (κ1) is 24.0. The molecule has 2 rings (SSSR count). The van der Waals surface area contributed by atoms with Crippen LogP contribution in [0, 0.1) is 17.3 Å². The van der Waals surface area contributed by atoms with E-state index in [1.807, 2.05) is 0 Å². The molecule has 0 fully saturated rings. The molecule has 2 aliphatic rings. The second-order valence-electron chi connectivity index (χ2n) is 7.23. The molecule has 0 saturated heterocycles. The van der Waals surface area contributed by atoms with Gasteiger partial charge < -0.3 is 18.9 Å². The van der Waals surface area contributed by atoms with Crippen LogP contribution in [0.5, 0.6) is 0 Å². The van der Waals surface area contributed by atoms with E-state index < -0.39 is 71.5 Å². The summed E-state index contributed by atoms with van der Waals surface area (Å²) >= 11 is 0. The first-order valence-corrected chi connectivity index (χ1v) is 9.54. The van der Waals surface area contributed by atoms with Crippen molar-refractivity contribution in [3.63, 3.8) is 0 Å². The van der Waals surface area contributed by atoms with E-state index in [9.17, 15) is 28.8 Å². The van der Waals surface area contributed by atoms with Crippen molar-refractivity contribution in [1.82, 2.24) is 0 Å². The maximum absolute atomic E-state index is 13.1. The summed E-state index contributed by atoms with van der Waals surface area (Å²) in [5, 5.41) is 0. The Morgan fingerprint density at radius 3 is 2.23 bits per heavy atom. The summed E-state index contributed by atoms with van der Waals surface area (Å²) in [6, 6.07) is 0. The Morgan fingerprint density at radius 2 is 1.68 bits per heavy atom. The van der Waals surface area contributed by atoms with Gasteiger partial charge in [-0.3, -0.25) is 28.8 Å². The predicted octanol–water partition coefficient (Wildman–Crippen LogP) is 0.473. The number of hydrogen-bond donors (Lipinski definition) is 0. The van der Waals surface area contributed by atoms with Gasteiger partial charge in [-0.2, -0.15) is 0 Å². The SMILES string of the molecule is COC(=O)[C@]12C(=O)C=CC(=O)C1CC=CC2C(OC(C)=O)C(COC(C)=O)OC(C)=O. The van der Waals surface area contributed by atoms with E-state index in [1.165, 1.54) is 6.08 Å². The maximum Gasteiger partial charge on any atom is 0.321 e. The zero-order valence-electron chi connectivity index (χ0n) is 17.6. The standard InChI is InChI=1S/C21H24O10/c1-11(22)29-10-17(30-12(2)23)19(31-13(3)24)15-7-5-6-14-16(25)8-9-18(26)21(14,15)20(27)28-4/h5,7-9,14-15,17,19H,6,10H2,1-4H3/t14?,15?,17?,19?,21-/m1/s1. The molecule has 0 spiro atoms. The van der Waals surface area contributed by atoms with Gasteiger partial charge in [-0.25, -0.2) is 0 Å². The minimum atomic E-state index is -2.04. The Bertz CT molecular complexity index is 854. The van der Waals surface area contributed by atoms with Crippen molar-refractivity contribution >= 4 is 35.4 Å². The van der Waals surface area contributed by atoms with Crippen LogP contribution in [0.3, 0.4) is 0 Å². The molecule has 0 saturated carbocycles. The molecule has 168 valence electrons. The fourth-order valence-corrected chi connectivity index (χ4v) is 4.12. The van der Waals surface area contributed by atoms with Crippen LogP contribution in [0.25, 0.3) is 0 Å². The van der Waals surface area contributed by atoms with Crippen molar-refractivity contribution < 1.29 is 47.7 Å². The molecule has 0 amide bonds. The second-order valence-corrected chi connectivity index (χ2v) is 7.23. The van der Waals surface area contributed by atoms with Gasteiger partial charge in [-0.15, -0.1) is 0 Å². The number of carbonyl (C=O) groups is 6. The largest absolute Gasteiger partial charge is 0.468 e. The predicted molar refractivity (Wildman–Crippen MR) is 102 cm³/mol. The van der Waals surface area contributed by atoms with Gasteiger partial charge in [0.2, 0.25) is 0 Å². The molecule has 2 aliphatic carbocycles. The number of esters is 4. The number of carbonyl (C=O) groups excluding carboxylic acids is 6. The van der Waals surface area contributed by atoms with Gasteiger partial charge in [0.15, 0.2) is 23.1 Å². The fourth-order valence-electron chi connectivity index (χ4n) is 4.12. The average molecular weight is 436 g/mol. The zero-order valence-corrected chi connectivity index (χ0v) is 17.6. The molecule has 0 radical (unpaired) electrons. The van der Waals surface area contributed by atoms with E-state index in [2.05, 4.69) is 0 Å². The first-order chi connectivity index (χ1) is 14.5. The molecule has 0 N–H and O–H groups in total. The molecule has 5 atom stereocenters. The normalized spacial score (nSPS) is 26.3. The molecule has 0 heterocycles. The van der Waals surface area contributed by atoms with Crippen LogP contribution in [0.15, 0.2) is 24.3 Å². The van der Waals surface area contributed by atoms with Crippen molar-refractivity contribution in [3.8, 4) is 0 Å². The summed E-state index contributed by atoms with van der Waals surface area (Å²) in [7, 11) is 1.07. The molecule has 31 heavy (non-hydrogen) atoms. The van der Waals surface area contributed by atoms with Crippen LogP contribution in [-0.2, 0) is 47.7 Å². The van der Waals surface area contributed by atoms with E-state index in [0.29, 0.717) is 0 Å². The van der Waals surface area contributed by atoms with Crippen LogP contribution < -0.4 is 0 Å². The van der Waals surface area contributed by atoms with Crippen molar-refractivity contribution in [3.05, 3.63) is 24.3 Å². The van der Waals surface area contributed by atoms with Gasteiger partial charge in [0.05, 0.1) is 7.11 Å². The Morgan fingerprint density at radius 1 is 1.03 bits per heavy atom. The molecular weight excluding hydrogens is 412 g/mol. The maximum atomic E-state index is 13.1. The highest BCUT2D eigenvalue weighted by Gasteiger charge is 2.64. The van der Waals surface area contributed by atoms with Crippen molar-refractivity contribution in [2.45, 2.75) is 39.4 Å². The number of hydrogen-bond acceptors (Lipinski definition) is 10. The summed E-state index contributed by atoms with van der Waals surface area (Å²) in [5.74, 6) is -6.75. The van der Waals surface area contributed by atoms with E-state index >= 15 is 0 Å². The summed E-state index contributed by atoms with van der Waals surface area (Å²) in [4.78, 5) is 73.6. The minimum Gasteiger partial charge on any atom is -0.468 e. The number of ether oxygens (including phenoxy) is 4. The molecule has 0 bridgehead atoms. The fraction of sp³-hybridized carbons (Fsp3) is 0.524. The first-order valence-electron chi connectivity index (χ1n) is 9.54. The molecule has 10 nitrogen and oxygen atoms in total. The van der Waals surface area contributed by atoms with Crippen LogP contribution in [0.1, 0.15) is 27.2 Å². The highest BCUT2D eigenvalue weighted by atomic mass is 16.6. The number of ketones is 2. The van der Waals surface area contributed by atoms with Crippen molar-refractivity contribution in [1.29, 1.82) is 0 Å². The van der Waals surface area contributed by atoms with Gasteiger partial charge >= 0.3 is 23.9 Å². The van der Waals surface area contributed by atoms with Crippen LogP contribution >= 0.6 is 0 Å². The number of fused-ring (bicyclic) bond motifs is 1. The Labute approximate surface area is 178 Å². The lowest BCUT2D eigenvalue weighted by Crippen LogP contribution is -2.61. The molecule has 0 aromatic carbocycles. The highest BCUT2D eigenvalue weighted by molar-refractivity contribution is 6.19. The summed E-state index contributed by atoms with van der Waals surface area (Å²) < 4.78 is 20.5.